The molecule has 1 aliphatic rings. The first-order valence-electron chi connectivity index (χ1n) is 20.9. The Kier molecular flexibility index (Phi) is 20.1. The number of aromatic nitrogens is 1. The van der Waals surface area contributed by atoms with Crippen molar-refractivity contribution in [3.05, 3.63) is 51.5 Å². The van der Waals surface area contributed by atoms with E-state index in [1.807, 2.05) is 57.0 Å². The molecule has 1 aliphatic heterocycles. The summed E-state index contributed by atoms with van der Waals surface area (Å²) in [5, 5.41) is 5.51. The van der Waals surface area contributed by atoms with E-state index >= 15 is 0 Å². The van der Waals surface area contributed by atoms with E-state index in [4.69, 9.17) is 19.2 Å². The Bertz CT molecular complexity index is 1510. The lowest BCUT2D eigenvalue weighted by atomic mass is 9.82. The Morgan fingerprint density at radius 2 is 1.75 bits per heavy atom. The summed E-state index contributed by atoms with van der Waals surface area (Å²) in [7, 11) is 3.63. The minimum atomic E-state index is -0.498. The molecular weight excluding hydrogens is 729 g/mol. The number of hydrogen-bond acceptors (Lipinski definition) is 10. The SMILES string of the molecule is CCCOCN(C(=O)[C@@H](CC(=O)[C@H]1CCCCN1C)[C@@H](C)CC)[C@H](C[C@@H](OC)c1nc(C(=O)N[C@@H](Cc2ccc(C)cc2)CC(C)C(=O)OCC)cs1)C(C)C. The fraction of sp³-hybridized carbons (Fsp3) is 0.705. The van der Waals surface area contributed by atoms with Crippen molar-refractivity contribution in [1.82, 2.24) is 20.1 Å². The summed E-state index contributed by atoms with van der Waals surface area (Å²) in [6, 6.07) is 7.39. The number of likely N-dealkylation sites (tertiary alicyclic amines) is 1. The van der Waals surface area contributed by atoms with Gasteiger partial charge in [0.1, 0.15) is 23.5 Å². The first kappa shape index (κ1) is 47.2. The van der Waals surface area contributed by atoms with Crippen LogP contribution in [0.5, 0.6) is 0 Å². The summed E-state index contributed by atoms with van der Waals surface area (Å²) < 4.78 is 17.4. The quantitative estimate of drug-likeness (QED) is 0.0643. The van der Waals surface area contributed by atoms with Crippen molar-refractivity contribution >= 4 is 34.9 Å². The summed E-state index contributed by atoms with van der Waals surface area (Å²) >= 11 is 1.35. The highest BCUT2D eigenvalue weighted by atomic mass is 32.1. The molecule has 2 amide bonds. The van der Waals surface area contributed by atoms with Gasteiger partial charge in [0.2, 0.25) is 5.91 Å². The number of nitrogens with one attached hydrogen (secondary N) is 1. The monoisotopic (exact) mass is 798 g/mol. The first-order chi connectivity index (χ1) is 26.7. The number of piperidine rings is 1. The average molecular weight is 799 g/mol. The van der Waals surface area contributed by atoms with Gasteiger partial charge in [0.05, 0.1) is 18.6 Å². The van der Waals surface area contributed by atoms with Crippen molar-refractivity contribution in [2.45, 2.75) is 137 Å². The number of methoxy groups -OCH3 is 1. The predicted octanol–water partition coefficient (Wildman–Crippen LogP) is 7.80. The predicted molar refractivity (Wildman–Crippen MR) is 222 cm³/mol. The van der Waals surface area contributed by atoms with Crippen LogP contribution in [0, 0.1) is 30.6 Å². The maximum atomic E-state index is 14.7. The molecule has 3 rings (SSSR count). The van der Waals surface area contributed by atoms with Crippen LogP contribution in [0.4, 0.5) is 0 Å². The third-order valence-electron chi connectivity index (χ3n) is 11.3. The lowest BCUT2D eigenvalue weighted by molar-refractivity contribution is -0.151. The number of esters is 1. The van der Waals surface area contributed by atoms with E-state index in [2.05, 4.69) is 37.9 Å². The third-order valence-corrected chi connectivity index (χ3v) is 12.2. The zero-order valence-electron chi connectivity index (χ0n) is 35.8. The summed E-state index contributed by atoms with van der Waals surface area (Å²) in [6.45, 7) is 17.8. The number of ketones is 1. The molecule has 1 aromatic carbocycles. The van der Waals surface area contributed by atoms with Gasteiger partial charge in [0, 0.05) is 49.9 Å². The number of benzene rings is 1. The minimum Gasteiger partial charge on any atom is -0.466 e. The van der Waals surface area contributed by atoms with Crippen molar-refractivity contribution in [3.8, 4) is 0 Å². The highest BCUT2D eigenvalue weighted by molar-refractivity contribution is 7.09. The summed E-state index contributed by atoms with van der Waals surface area (Å²) in [5.74, 6) is -1.37. The van der Waals surface area contributed by atoms with Gasteiger partial charge < -0.3 is 24.4 Å². The van der Waals surface area contributed by atoms with Crippen molar-refractivity contribution in [3.63, 3.8) is 0 Å². The molecule has 56 heavy (non-hydrogen) atoms. The third kappa shape index (κ3) is 14.0. The molecule has 0 bridgehead atoms. The normalized spacial score (nSPS) is 18.1. The van der Waals surface area contributed by atoms with Gasteiger partial charge >= 0.3 is 5.97 Å². The van der Waals surface area contributed by atoms with Crippen LogP contribution in [-0.2, 0) is 35.0 Å². The molecule has 1 unspecified atom stereocenters. The summed E-state index contributed by atoms with van der Waals surface area (Å²) in [5.41, 5.74) is 2.47. The molecule has 314 valence electrons. The van der Waals surface area contributed by atoms with E-state index in [9.17, 15) is 19.2 Å². The van der Waals surface area contributed by atoms with Crippen molar-refractivity contribution in [2.24, 2.45) is 23.7 Å². The molecule has 0 saturated carbocycles. The van der Waals surface area contributed by atoms with Crippen LogP contribution in [0.1, 0.15) is 133 Å². The van der Waals surface area contributed by atoms with Gasteiger partial charge in [-0.1, -0.05) is 84.2 Å². The lowest BCUT2D eigenvalue weighted by Crippen LogP contribution is -2.50. The zero-order chi connectivity index (χ0) is 41.4. The molecule has 1 saturated heterocycles. The molecule has 2 aromatic rings. The first-order valence-corrected chi connectivity index (χ1v) is 21.7. The summed E-state index contributed by atoms with van der Waals surface area (Å²) in [6.07, 6.45) is 5.64. The van der Waals surface area contributed by atoms with Crippen molar-refractivity contribution in [2.75, 3.05) is 40.6 Å². The second-order valence-electron chi connectivity index (χ2n) is 16.1. The molecule has 1 fully saturated rings. The number of amides is 2. The topological polar surface area (TPSA) is 127 Å². The van der Waals surface area contributed by atoms with Gasteiger partial charge in [-0.05, 0) is 76.9 Å². The Balaban J connectivity index is 1.85. The number of carbonyl (C=O) groups is 4. The number of aryl methyl sites for hydroxylation is 1. The van der Waals surface area contributed by atoms with Gasteiger partial charge in [-0.3, -0.25) is 24.1 Å². The highest BCUT2D eigenvalue weighted by Gasteiger charge is 2.39. The molecule has 1 N–H and O–H groups in total. The summed E-state index contributed by atoms with van der Waals surface area (Å²) in [4.78, 5) is 63.5. The number of ether oxygens (including phenoxy) is 3. The van der Waals surface area contributed by atoms with Crippen LogP contribution in [0.2, 0.25) is 0 Å². The number of rotatable bonds is 24. The Morgan fingerprint density at radius 1 is 1.04 bits per heavy atom. The number of nitrogens with zero attached hydrogens (tertiary/aromatic N) is 3. The minimum absolute atomic E-state index is 0.00945. The molecule has 0 aliphatic carbocycles. The van der Waals surface area contributed by atoms with Crippen molar-refractivity contribution in [1.29, 1.82) is 0 Å². The maximum absolute atomic E-state index is 14.7. The Labute approximate surface area is 340 Å². The average Bonchev–Trinajstić information content (AvgIpc) is 3.67. The largest absolute Gasteiger partial charge is 0.466 e. The van der Waals surface area contributed by atoms with Crippen LogP contribution in [0.3, 0.4) is 0 Å². The number of hydrogen-bond donors (Lipinski definition) is 1. The van der Waals surface area contributed by atoms with E-state index in [0.717, 1.165) is 49.8 Å². The molecule has 1 aromatic heterocycles. The fourth-order valence-corrected chi connectivity index (χ4v) is 8.47. The standard InChI is InChI=1S/C44H70N4O7S/c1-11-22-54-28-48(43(51)35(31(7)12-2)25-39(49)37-16-14-15-21-47(37)9)38(29(4)5)26-40(53-10)42-46-36(27-56-42)41(50)45-34(23-32(8)44(52)55-13-3)24-33-19-17-30(6)18-20-33/h17-20,27,29,31-32,34-35,37-38,40H,11-16,21-26,28H2,1-10H3,(H,45,50)/t31-,32?,34+,35-,37+,38+,40+/m0/s1. The Hall–Kier alpha value is -3.19. The molecule has 2 heterocycles. The van der Waals surface area contributed by atoms with Crippen molar-refractivity contribution < 1.29 is 33.4 Å². The van der Waals surface area contributed by atoms with Crippen LogP contribution in [0.15, 0.2) is 29.6 Å². The smallest absolute Gasteiger partial charge is 0.308 e. The van der Waals surface area contributed by atoms with Gasteiger partial charge in [-0.2, -0.15) is 0 Å². The molecule has 0 radical (unpaired) electrons. The van der Waals surface area contributed by atoms with Crippen LogP contribution >= 0.6 is 11.3 Å². The highest BCUT2D eigenvalue weighted by Crippen LogP contribution is 2.33. The molecular formula is C44H70N4O7S. The second kappa shape index (κ2) is 23.9. The van der Waals surface area contributed by atoms with Gasteiger partial charge in [-0.25, -0.2) is 4.98 Å². The maximum Gasteiger partial charge on any atom is 0.308 e. The second-order valence-corrected chi connectivity index (χ2v) is 17.0. The van der Waals surface area contributed by atoms with E-state index in [1.54, 1.807) is 19.4 Å². The molecule has 11 nitrogen and oxygen atoms in total. The number of likely N-dealkylation sites (N-methyl/N-ethyl adjacent to an activating group) is 1. The molecule has 12 heteroatoms. The number of carbonyl (C=O) groups excluding carboxylic acids is 4. The van der Waals surface area contributed by atoms with Crippen LogP contribution < -0.4 is 5.32 Å². The molecule has 0 spiro atoms. The van der Waals surface area contributed by atoms with E-state index in [-0.39, 0.29) is 72.4 Å². The van der Waals surface area contributed by atoms with Gasteiger partial charge in [0.15, 0.2) is 5.78 Å². The van der Waals surface area contributed by atoms with E-state index in [1.165, 1.54) is 11.3 Å². The van der Waals surface area contributed by atoms with Gasteiger partial charge in [0.25, 0.3) is 5.91 Å². The van der Waals surface area contributed by atoms with E-state index in [0.29, 0.717) is 37.5 Å². The lowest BCUT2D eigenvalue weighted by Gasteiger charge is -2.39. The van der Waals surface area contributed by atoms with Crippen LogP contribution in [0.25, 0.3) is 0 Å². The zero-order valence-corrected chi connectivity index (χ0v) is 36.6. The molecule has 7 atom stereocenters. The fourth-order valence-electron chi connectivity index (χ4n) is 7.58. The number of Topliss-reactive ketones (excluding diaryl/α,β-unsaturated/α-hetero) is 1. The van der Waals surface area contributed by atoms with Crippen LogP contribution in [-0.4, -0.2) is 97.1 Å². The van der Waals surface area contributed by atoms with E-state index < -0.39 is 17.9 Å². The van der Waals surface area contributed by atoms with Gasteiger partial charge in [-0.15, -0.1) is 11.3 Å². The Morgan fingerprint density at radius 3 is 2.36 bits per heavy atom. The number of thiazole rings is 1.